The van der Waals surface area contributed by atoms with E-state index < -0.39 is 15.9 Å². The van der Waals surface area contributed by atoms with Gasteiger partial charge in [0.25, 0.3) is 15.9 Å². The van der Waals surface area contributed by atoms with Crippen molar-refractivity contribution in [3.63, 3.8) is 0 Å². The molecule has 1 aromatic heterocycles. The van der Waals surface area contributed by atoms with Crippen LogP contribution in [0.15, 0.2) is 87.2 Å². The highest BCUT2D eigenvalue weighted by molar-refractivity contribution is 9.10. The number of carbonyl (C=O) groups excluding carboxylic acids is 2. The number of hydrogen-bond acceptors (Lipinski definition) is 7. The Kier molecular flexibility index (Phi) is 7.65. The lowest BCUT2D eigenvalue weighted by Crippen LogP contribution is -2.36. The summed E-state index contributed by atoms with van der Waals surface area (Å²) in [6, 6.07) is 18.0. The number of hydrogen-bond donors (Lipinski definition) is 2. The third-order valence-corrected chi connectivity index (χ3v) is 7.97. The van der Waals surface area contributed by atoms with Crippen LogP contribution in [0.5, 0.6) is 0 Å². The Balaban J connectivity index is 1.38. The molecule has 2 aromatic carbocycles. The van der Waals surface area contributed by atoms with Crippen LogP contribution in [0.25, 0.3) is 6.08 Å². The van der Waals surface area contributed by atoms with Crippen LogP contribution >= 0.6 is 39.9 Å². The van der Waals surface area contributed by atoms with Crippen molar-refractivity contribution in [1.29, 1.82) is 0 Å². The van der Waals surface area contributed by atoms with E-state index in [9.17, 15) is 18.0 Å². The molecule has 2 heterocycles. The zero-order chi connectivity index (χ0) is 25.0. The van der Waals surface area contributed by atoms with Crippen LogP contribution in [-0.4, -0.2) is 41.0 Å². The molecule has 0 atom stereocenters. The average Bonchev–Trinajstić information content (AvgIpc) is 3.08. The molecule has 0 saturated carbocycles. The molecule has 4 rings (SSSR count). The maximum absolute atomic E-state index is 12.8. The minimum atomic E-state index is -3.83. The topological polar surface area (TPSA) is 108 Å². The Hall–Kier alpha value is -3.06. The van der Waals surface area contributed by atoms with Crippen LogP contribution < -0.4 is 10.0 Å². The molecule has 0 bridgehead atoms. The number of sulfonamides is 1. The first-order valence-electron chi connectivity index (χ1n) is 10.1. The van der Waals surface area contributed by atoms with Crippen molar-refractivity contribution in [2.45, 2.75) is 4.90 Å². The fraction of sp³-hybridized carbons (Fsp3) is 0.0435. The van der Waals surface area contributed by atoms with Gasteiger partial charge in [-0.1, -0.05) is 58.1 Å². The van der Waals surface area contributed by atoms with Crippen LogP contribution in [-0.2, 0) is 19.6 Å². The number of benzene rings is 2. The van der Waals surface area contributed by atoms with Crippen molar-refractivity contribution in [3.8, 4) is 0 Å². The number of carbonyl (C=O) groups is 2. The number of nitrogens with one attached hydrogen (secondary N) is 2. The summed E-state index contributed by atoms with van der Waals surface area (Å²) in [5.41, 5.74) is 1.22. The van der Waals surface area contributed by atoms with Gasteiger partial charge in [0.05, 0.1) is 9.80 Å². The largest absolute Gasteiger partial charge is 0.325 e. The van der Waals surface area contributed by atoms with Gasteiger partial charge in [-0.25, -0.2) is 13.4 Å². The SMILES string of the molecule is O=C(CN1C(=O)/C(=C\c2ccc(Br)cc2)SC1=S)Nc1ccc(S(=O)(=O)Nc2ccccn2)cc1. The highest BCUT2D eigenvalue weighted by atomic mass is 79.9. The van der Waals surface area contributed by atoms with Gasteiger partial charge in [0.1, 0.15) is 16.7 Å². The lowest BCUT2D eigenvalue weighted by Gasteiger charge is -2.14. The monoisotopic (exact) mass is 588 g/mol. The number of halogens is 1. The van der Waals surface area contributed by atoms with Crippen molar-refractivity contribution >= 4 is 83.6 Å². The summed E-state index contributed by atoms with van der Waals surface area (Å²) in [7, 11) is -3.83. The second-order valence-corrected chi connectivity index (χ2v) is 11.5. The number of aromatic nitrogens is 1. The second-order valence-electron chi connectivity index (χ2n) is 7.21. The molecule has 8 nitrogen and oxygen atoms in total. The number of thiocarbonyl (C=S) groups is 1. The Labute approximate surface area is 220 Å². The summed E-state index contributed by atoms with van der Waals surface area (Å²) in [5, 5.41) is 2.66. The summed E-state index contributed by atoms with van der Waals surface area (Å²) < 4.78 is 28.6. The van der Waals surface area contributed by atoms with Gasteiger partial charge in [0.2, 0.25) is 5.91 Å². The summed E-state index contributed by atoms with van der Waals surface area (Å²) in [6.07, 6.45) is 3.20. The minimum Gasteiger partial charge on any atom is -0.325 e. The zero-order valence-corrected chi connectivity index (χ0v) is 21.9. The smallest absolute Gasteiger partial charge is 0.266 e. The molecule has 12 heteroatoms. The predicted octanol–water partition coefficient (Wildman–Crippen LogP) is 4.48. The van der Waals surface area contributed by atoms with E-state index >= 15 is 0 Å². The van der Waals surface area contributed by atoms with Crippen LogP contribution in [0.2, 0.25) is 0 Å². The summed E-state index contributed by atoms with van der Waals surface area (Å²) in [5.74, 6) is -0.615. The summed E-state index contributed by atoms with van der Waals surface area (Å²) in [6.45, 7) is -0.260. The van der Waals surface area contributed by atoms with Gasteiger partial charge in [0, 0.05) is 16.4 Å². The quantitative estimate of drug-likeness (QED) is 0.309. The first kappa shape index (κ1) is 25.0. The van der Waals surface area contributed by atoms with E-state index in [1.165, 1.54) is 41.4 Å². The van der Waals surface area contributed by atoms with Crippen LogP contribution in [0, 0.1) is 0 Å². The Morgan fingerprint density at radius 1 is 1.09 bits per heavy atom. The van der Waals surface area contributed by atoms with Crippen molar-refractivity contribution in [2.24, 2.45) is 0 Å². The predicted molar refractivity (Wildman–Crippen MR) is 144 cm³/mol. The normalized spacial score (nSPS) is 14.9. The maximum atomic E-state index is 12.8. The van der Waals surface area contributed by atoms with E-state index in [2.05, 4.69) is 31.0 Å². The van der Waals surface area contributed by atoms with Crippen molar-refractivity contribution in [2.75, 3.05) is 16.6 Å². The van der Waals surface area contributed by atoms with Gasteiger partial charge in [-0.15, -0.1) is 0 Å². The molecule has 0 unspecified atom stereocenters. The third-order valence-electron chi connectivity index (χ3n) is 4.70. The molecule has 1 aliphatic rings. The molecule has 178 valence electrons. The van der Waals surface area contributed by atoms with Crippen molar-refractivity contribution < 1.29 is 18.0 Å². The van der Waals surface area contributed by atoms with Gasteiger partial charge in [0.15, 0.2) is 0 Å². The Bertz CT molecular complexity index is 1410. The number of rotatable bonds is 7. The standard InChI is InChI=1S/C23H17BrN4O4S3/c24-16-6-4-15(5-7-16)13-19-22(30)28(23(33)34-19)14-21(29)26-17-8-10-18(11-9-17)35(31,32)27-20-3-1-2-12-25-20/h1-13H,14H2,(H,25,27)(H,26,29)/b19-13+. The fourth-order valence-electron chi connectivity index (χ4n) is 3.03. The molecule has 1 aliphatic heterocycles. The maximum Gasteiger partial charge on any atom is 0.266 e. The number of anilines is 2. The van der Waals surface area contributed by atoms with Crippen LogP contribution in [0.3, 0.4) is 0 Å². The summed E-state index contributed by atoms with van der Waals surface area (Å²) >= 11 is 9.79. The highest BCUT2D eigenvalue weighted by Crippen LogP contribution is 2.32. The molecule has 0 spiro atoms. The fourth-order valence-corrected chi connectivity index (χ4v) is 5.56. The molecular weight excluding hydrogens is 572 g/mol. The van der Waals surface area contributed by atoms with Gasteiger partial charge < -0.3 is 5.32 Å². The Morgan fingerprint density at radius 2 is 1.80 bits per heavy atom. The van der Waals surface area contributed by atoms with Crippen molar-refractivity contribution in [3.05, 3.63) is 87.9 Å². The van der Waals surface area contributed by atoms with Gasteiger partial charge >= 0.3 is 0 Å². The molecule has 0 aliphatic carbocycles. The molecule has 2 N–H and O–H groups in total. The number of pyridine rings is 1. The van der Waals surface area contributed by atoms with Gasteiger partial charge in [-0.05, 0) is 60.2 Å². The minimum absolute atomic E-state index is 0.0103. The zero-order valence-electron chi connectivity index (χ0n) is 17.8. The van der Waals surface area contributed by atoms with E-state index in [0.717, 1.165) is 21.8 Å². The van der Waals surface area contributed by atoms with E-state index in [-0.39, 0.29) is 27.5 Å². The van der Waals surface area contributed by atoms with E-state index in [1.807, 2.05) is 24.3 Å². The van der Waals surface area contributed by atoms with Crippen molar-refractivity contribution in [1.82, 2.24) is 9.88 Å². The first-order valence-corrected chi connectivity index (χ1v) is 13.6. The average molecular weight is 590 g/mol. The lowest BCUT2D eigenvalue weighted by molar-refractivity contribution is -0.126. The number of amides is 2. The van der Waals surface area contributed by atoms with E-state index in [1.54, 1.807) is 18.2 Å². The molecule has 0 radical (unpaired) electrons. The van der Waals surface area contributed by atoms with Crippen LogP contribution in [0.1, 0.15) is 5.56 Å². The molecule has 2 amide bonds. The first-order chi connectivity index (χ1) is 16.7. The molecule has 1 saturated heterocycles. The third kappa shape index (κ3) is 6.34. The highest BCUT2D eigenvalue weighted by Gasteiger charge is 2.33. The molecular formula is C23H17BrN4O4S3. The van der Waals surface area contributed by atoms with Crippen LogP contribution in [0.4, 0.5) is 11.5 Å². The van der Waals surface area contributed by atoms with E-state index in [4.69, 9.17) is 12.2 Å². The second kappa shape index (κ2) is 10.7. The number of nitrogens with zero attached hydrogens (tertiary/aromatic N) is 2. The lowest BCUT2D eigenvalue weighted by atomic mass is 10.2. The summed E-state index contributed by atoms with van der Waals surface area (Å²) in [4.78, 5) is 30.9. The van der Waals surface area contributed by atoms with Gasteiger partial charge in [-0.2, -0.15) is 0 Å². The van der Waals surface area contributed by atoms with E-state index in [0.29, 0.717) is 10.6 Å². The molecule has 35 heavy (non-hydrogen) atoms. The number of thioether (sulfide) groups is 1. The molecule has 3 aromatic rings. The molecule has 1 fully saturated rings. The van der Waals surface area contributed by atoms with Gasteiger partial charge in [-0.3, -0.25) is 19.2 Å². The Morgan fingerprint density at radius 3 is 2.46 bits per heavy atom.